The van der Waals surface area contributed by atoms with Crippen molar-refractivity contribution in [2.24, 2.45) is 5.41 Å². The Balaban J connectivity index is 1.89. The molecule has 1 aliphatic rings. The Labute approximate surface area is 169 Å². The SMILES string of the molecule is CCc1ccc(Oc2ccc(Br)c(Cl)c2)cc1C1CCC(C)(C)CC1=O. The molecule has 0 bridgehead atoms. The summed E-state index contributed by atoms with van der Waals surface area (Å²) in [6.45, 7) is 6.49. The van der Waals surface area contributed by atoms with Crippen LogP contribution in [0.25, 0.3) is 0 Å². The molecule has 0 radical (unpaired) electrons. The average Bonchev–Trinajstić information content (AvgIpc) is 2.57. The molecule has 2 aromatic carbocycles. The van der Waals surface area contributed by atoms with E-state index < -0.39 is 0 Å². The maximum Gasteiger partial charge on any atom is 0.140 e. The van der Waals surface area contributed by atoms with Gasteiger partial charge in [-0.2, -0.15) is 0 Å². The minimum atomic E-state index is -0.0185. The summed E-state index contributed by atoms with van der Waals surface area (Å²) in [5.41, 5.74) is 2.46. The first-order valence-corrected chi connectivity index (χ1v) is 10.2. The Morgan fingerprint density at radius 1 is 1.19 bits per heavy atom. The highest BCUT2D eigenvalue weighted by Gasteiger charge is 2.35. The van der Waals surface area contributed by atoms with Gasteiger partial charge in [-0.15, -0.1) is 0 Å². The largest absolute Gasteiger partial charge is 0.457 e. The van der Waals surface area contributed by atoms with E-state index in [4.69, 9.17) is 16.3 Å². The second-order valence-electron chi connectivity index (χ2n) is 7.79. The minimum Gasteiger partial charge on any atom is -0.457 e. The Morgan fingerprint density at radius 2 is 1.88 bits per heavy atom. The molecule has 138 valence electrons. The average molecular weight is 436 g/mol. The molecule has 2 nitrogen and oxygen atoms in total. The normalized spacial score (nSPS) is 19.4. The lowest BCUT2D eigenvalue weighted by Crippen LogP contribution is -2.29. The van der Waals surface area contributed by atoms with Crippen molar-refractivity contribution in [3.63, 3.8) is 0 Å². The maximum atomic E-state index is 12.8. The van der Waals surface area contributed by atoms with Gasteiger partial charge in [-0.3, -0.25) is 4.79 Å². The van der Waals surface area contributed by atoms with E-state index in [1.807, 2.05) is 24.3 Å². The zero-order chi connectivity index (χ0) is 18.9. The molecular formula is C22H24BrClO2. The second kappa shape index (κ2) is 7.74. The third-order valence-corrected chi connectivity index (χ3v) is 6.38. The van der Waals surface area contributed by atoms with Crippen LogP contribution in [0.3, 0.4) is 0 Å². The van der Waals surface area contributed by atoms with Gasteiger partial charge in [-0.05, 0) is 76.0 Å². The summed E-state index contributed by atoms with van der Waals surface area (Å²) >= 11 is 9.54. The summed E-state index contributed by atoms with van der Waals surface area (Å²) in [6.07, 6.45) is 3.54. The quantitative estimate of drug-likeness (QED) is 0.503. The van der Waals surface area contributed by atoms with Gasteiger partial charge in [0, 0.05) is 22.9 Å². The lowest BCUT2D eigenvalue weighted by atomic mass is 9.70. The lowest BCUT2D eigenvalue weighted by Gasteiger charge is -2.34. The molecule has 1 atom stereocenters. The topological polar surface area (TPSA) is 26.3 Å². The zero-order valence-corrected chi connectivity index (χ0v) is 17.8. The number of halogens is 2. The van der Waals surface area contributed by atoms with Crippen molar-refractivity contribution in [3.8, 4) is 11.5 Å². The van der Waals surface area contributed by atoms with Crippen LogP contribution >= 0.6 is 27.5 Å². The van der Waals surface area contributed by atoms with E-state index in [9.17, 15) is 4.79 Å². The Hall–Kier alpha value is -1.32. The Kier molecular flexibility index (Phi) is 5.78. The number of ketones is 1. The van der Waals surface area contributed by atoms with Crippen molar-refractivity contribution in [3.05, 3.63) is 57.0 Å². The van der Waals surface area contributed by atoms with E-state index >= 15 is 0 Å². The lowest BCUT2D eigenvalue weighted by molar-refractivity contribution is -0.124. The van der Waals surface area contributed by atoms with Crippen molar-refractivity contribution in [1.29, 1.82) is 0 Å². The highest BCUT2D eigenvalue weighted by Crippen LogP contribution is 2.42. The van der Waals surface area contributed by atoms with E-state index in [0.717, 1.165) is 35.0 Å². The first-order valence-electron chi connectivity index (χ1n) is 9.07. The number of rotatable bonds is 4. The standard InChI is InChI=1S/C22H24BrClO2/c1-4-14-5-6-15(26-16-7-8-19(23)20(24)12-16)11-18(14)17-9-10-22(2,3)13-21(17)25/h5-8,11-12,17H,4,9-10,13H2,1-3H3. The van der Waals surface area contributed by atoms with Crippen LogP contribution < -0.4 is 4.74 Å². The third-order valence-electron chi connectivity index (χ3n) is 5.15. The van der Waals surface area contributed by atoms with Gasteiger partial charge in [-0.25, -0.2) is 0 Å². The van der Waals surface area contributed by atoms with E-state index in [1.165, 1.54) is 5.56 Å². The predicted octanol–water partition coefficient (Wildman–Crippen LogP) is 7.32. The van der Waals surface area contributed by atoms with Crippen LogP contribution in [0.4, 0.5) is 0 Å². The number of hydrogen-bond donors (Lipinski definition) is 0. The molecule has 26 heavy (non-hydrogen) atoms. The number of carbonyl (C=O) groups excluding carboxylic acids is 1. The first kappa shape index (κ1) is 19.4. The number of benzene rings is 2. The van der Waals surface area contributed by atoms with Crippen molar-refractivity contribution in [2.75, 3.05) is 0 Å². The van der Waals surface area contributed by atoms with Crippen LogP contribution in [0.15, 0.2) is 40.9 Å². The molecule has 0 saturated heterocycles. The molecule has 0 amide bonds. The van der Waals surface area contributed by atoms with Gasteiger partial charge in [-0.1, -0.05) is 38.4 Å². The summed E-state index contributed by atoms with van der Waals surface area (Å²) in [5.74, 6) is 1.76. The molecule has 0 aliphatic heterocycles. The van der Waals surface area contributed by atoms with Gasteiger partial charge in [0.2, 0.25) is 0 Å². The van der Waals surface area contributed by atoms with E-state index in [-0.39, 0.29) is 11.3 Å². The number of hydrogen-bond acceptors (Lipinski definition) is 2. The molecule has 1 fully saturated rings. The summed E-state index contributed by atoms with van der Waals surface area (Å²) in [6, 6.07) is 11.6. The smallest absolute Gasteiger partial charge is 0.140 e. The predicted molar refractivity (Wildman–Crippen MR) is 110 cm³/mol. The van der Waals surface area contributed by atoms with Crippen molar-refractivity contribution in [2.45, 2.75) is 52.4 Å². The van der Waals surface area contributed by atoms with Gasteiger partial charge in [0.25, 0.3) is 0 Å². The maximum absolute atomic E-state index is 12.8. The number of carbonyl (C=O) groups is 1. The van der Waals surface area contributed by atoms with Gasteiger partial charge >= 0.3 is 0 Å². The van der Waals surface area contributed by atoms with Crippen molar-refractivity contribution < 1.29 is 9.53 Å². The molecule has 0 spiro atoms. The molecule has 0 aromatic heterocycles. The summed E-state index contributed by atoms with van der Waals surface area (Å²) in [5, 5.41) is 0.609. The molecule has 1 aliphatic carbocycles. The van der Waals surface area contributed by atoms with E-state index in [0.29, 0.717) is 23.0 Å². The fraction of sp³-hybridized carbons (Fsp3) is 0.409. The van der Waals surface area contributed by atoms with Gasteiger partial charge in [0.15, 0.2) is 0 Å². The van der Waals surface area contributed by atoms with Crippen LogP contribution in [-0.4, -0.2) is 5.78 Å². The van der Waals surface area contributed by atoms with Crippen LogP contribution in [0.5, 0.6) is 11.5 Å². The third kappa shape index (κ3) is 4.32. The molecule has 4 heteroatoms. The molecule has 2 aromatic rings. The molecule has 0 heterocycles. The molecular weight excluding hydrogens is 412 g/mol. The molecule has 0 N–H and O–H groups in total. The second-order valence-corrected chi connectivity index (χ2v) is 9.05. The Bertz CT molecular complexity index is 829. The van der Waals surface area contributed by atoms with Crippen molar-refractivity contribution in [1.82, 2.24) is 0 Å². The highest BCUT2D eigenvalue weighted by molar-refractivity contribution is 9.10. The van der Waals surface area contributed by atoms with Gasteiger partial charge < -0.3 is 4.74 Å². The summed E-state index contributed by atoms with van der Waals surface area (Å²) in [4.78, 5) is 12.8. The summed E-state index contributed by atoms with van der Waals surface area (Å²) < 4.78 is 6.84. The highest BCUT2D eigenvalue weighted by atomic mass is 79.9. The zero-order valence-electron chi connectivity index (χ0n) is 15.4. The molecule has 1 saturated carbocycles. The minimum absolute atomic E-state index is 0.0185. The Morgan fingerprint density at radius 3 is 2.54 bits per heavy atom. The van der Waals surface area contributed by atoms with Crippen LogP contribution in [0.1, 0.15) is 57.1 Å². The van der Waals surface area contributed by atoms with Crippen LogP contribution in [0.2, 0.25) is 5.02 Å². The fourth-order valence-electron chi connectivity index (χ4n) is 3.67. The first-order chi connectivity index (χ1) is 12.3. The molecule has 3 rings (SSSR count). The monoisotopic (exact) mass is 434 g/mol. The van der Waals surface area contributed by atoms with Crippen LogP contribution in [-0.2, 0) is 11.2 Å². The van der Waals surface area contributed by atoms with Crippen molar-refractivity contribution >= 4 is 33.3 Å². The molecule has 1 unspecified atom stereocenters. The van der Waals surface area contributed by atoms with E-state index in [1.54, 1.807) is 6.07 Å². The number of ether oxygens (including phenoxy) is 1. The number of aryl methyl sites for hydroxylation is 1. The number of Topliss-reactive ketones (excluding diaryl/α,β-unsaturated/α-hetero) is 1. The van der Waals surface area contributed by atoms with Gasteiger partial charge in [0.1, 0.15) is 17.3 Å². The van der Waals surface area contributed by atoms with E-state index in [2.05, 4.69) is 42.8 Å². The van der Waals surface area contributed by atoms with Gasteiger partial charge in [0.05, 0.1) is 5.02 Å². The van der Waals surface area contributed by atoms with Crippen LogP contribution in [0, 0.1) is 5.41 Å². The fourth-order valence-corrected chi connectivity index (χ4v) is 4.08. The summed E-state index contributed by atoms with van der Waals surface area (Å²) in [7, 11) is 0.